The molecule has 0 heterocycles. The van der Waals surface area contributed by atoms with Crippen LogP contribution in [0.2, 0.25) is 5.02 Å². The summed E-state index contributed by atoms with van der Waals surface area (Å²) < 4.78 is 33.3. The van der Waals surface area contributed by atoms with Gasteiger partial charge in [0.25, 0.3) is 15.9 Å². The summed E-state index contributed by atoms with van der Waals surface area (Å²) in [6.45, 7) is -0.0969. The molecular weight excluding hydrogens is 510 g/mol. The molecule has 7 nitrogen and oxygen atoms in total. The van der Waals surface area contributed by atoms with E-state index in [0.717, 1.165) is 15.4 Å². The Bertz CT molecular complexity index is 1460. The molecule has 0 aromatic heterocycles. The SMILES string of the molecule is O=C(CN(c1ccccc1)S(=O)(=O)c1ccccc1)N/N=C\c1ccc(OCc2ccccc2Cl)cc1. The van der Waals surface area contributed by atoms with Crippen molar-refractivity contribution >= 4 is 39.4 Å². The number of hydrogen-bond acceptors (Lipinski definition) is 5. The van der Waals surface area contributed by atoms with E-state index in [1.54, 1.807) is 72.8 Å². The molecule has 0 saturated heterocycles. The molecule has 0 radical (unpaired) electrons. The molecule has 0 fully saturated rings. The lowest BCUT2D eigenvalue weighted by Crippen LogP contribution is -2.39. The predicted molar refractivity (Wildman–Crippen MR) is 145 cm³/mol. The van der Waals surface area contributed by atoms with Crippen LogP contribution in [0.4, 0.5) is 5.69 Å². The molecule has 188 valence electrons. The van der Waals surface area contributed by atoms with Gasteiger partial charge in [0, 0.05) is 10.6 Å². The molecular formula is C28H24ClN3O4S. The van der Waals surface area contributed by atoms with E-state index in [4.69, 9.17) is 16.3 Å². The second kappa shape index (κ2) is 12.2. The molecule has 0 spiro atoms. The summed E-state index contributed by atoms with van der Waals surface area (Å²) in [6, 6.07) is 31.0. The lowest BCUT2D eigenvalue weighted by molar-refractivity contribution is -0.119. The molecule has 0 aliphatic heterocycles. The Morgan fingerprint density at radius 1 is 0.865 bits per heavy atom. The number of nitrogens with one attached hydrogen (secondary N) is 1. The van der Waals surface area contributed by atoms with Crippen LogP contribution < -0.4 is 14.5 Å². The lowest BCUT2D eigenvalue weighted by Gasteiger charge is -2.23. The first-order valence-electron chi connectivity index (χ1n) is 11.3. The highest BCUT2D eigenvalue weighted by molar-refractivity contribution is 7.92. The third-order valence-corrected chi connectivity index (χ3v) is 7.45. The van der Waals surface area contributed by atoms with E-state index < -0.39 is 22.5 Å². The smallest absolute Gasteiger partial charge is 0.264 e. The topological polar surface area (TPSA) is 88.1 Å². The molecule has 4 aromatic rings. The molecule has 0 atom stereocenters. The number of hydrogen-bond donors (Lipinski definition) is 1. The zero-order valence-electron chi connectivity index (χ0n) is 19.7. The molecule has 0 bridgehead atoms. The first-order chi connectivity index (χ1) is 17.9. The van der Waals surface area contributed by atoms with Gasteiger partial charge in [0.15, 0.2) is 0 Å². The third-order valence-electron chi connectivity index (χ3n) is 5.30. The Kier molecular flexibility index (Phi) is 8.56. The van der Waals surface area contributed by atoms with Crippen LogP contribution in [0.15, 0.2) is 119 Å². The van der Waals surface area contributed by atoms with Crippen molar-refractivity contribution in [2.24, 2.45) is 5.10 Å². The summed E-state index contributed by atoms with van der Waals surface area (Å²) >= 11 is 6.15. The van der Waals surface area contributed by atoms with Gasteiger partial charge in [-0.1, -0.05) is 66.2 Å². The lowest BCUT2D eigenvalue weighted by atomic mass is 10.2. The Labute approximate surface area is 221 Å². The minimum Gasteiger partial charge on any atom is -0.489 e. The first-order valence-corrected chi connectivity index (χ1v) is 13.2. The fourth-order valence-electron chi connectivity index (χ4n) is 3.40. The predicted octanol–water partition coefficient (Wildman–Crippen LogP) is 5.26. The van der Waals surface area contributed by atoms with E-state index in [1.165, 1.54) is 18.3 Å². The van der Waals surface area contributed by atoms with E-state index in [1.807, 2.05) is 24.3 Å². The number of anilines is 1. The molecule has 1 amide bonds. The summed E-state index contributed by atoms with van der Waals surface area (Å²) in [5, 5.41) is 4.62. The Balaban J connectivity index is 1.38. The highest BCUT2D eigenvalue weighted by atomic mass is 35.5. The Morgan fingerprint density at radius 2 is 1.49 bits per heavy atom. The van der Waals surface area contributed by atoms with Gasteiger partial charge in [-0.15, -0.1) is 0 Å². The van der Waals surface area contributed by atoms with Gasteiger partial charge in [-0.05, 0) is 60.2 Å². The molecule has 0 saturated carbocycles. The summed E-state index contributed by atoms with van der Waals surface area (Å²) in [6.07, 6.45) is 1.47. The van der Waals surface area contributed by atoms with Crippen LogP contribution >= 0.6 is 11.6 Å². The van der Waals surface area contributed by atoms with Gasteiger partial charge in [-0.25, -0.2) is 13.8 Å². The van der Waals surface area contributed by atoms with Gasteiger partial charge in [0.1, 0.15) is 18.9 Å². The van der Waals surface area contributed by atoms with E-state index >= 15 is 0 Å². The summed E-state index contributed by atoms with van der Waals surface area (Å²) in [5.41, 5.74) is 4.38. The van der Waals surface area contributed by atoms with Crippen molar-refractivity contribution in [3.8, 4) is 5.75 Å². The standard InChI is InChI=1S/C28H24ClN3O4S/c29-27-14-8-7-9-23(27)21-36-25-17-15-22(16-18-25)19-30-31-28(33)20-32(24-10-3-1-4-11-24)37(34,35)26-12-5-2-6-13-26/h1-19H,20-21H2,(H,31,33)/b30-19-. The molecule has 4 aromatic carbocycles. The van der Waals surface area contributed by atoms with Crippen molar-refractivity contribution in [3.05, 3.63) is 125 Å². The van der Waals surface area contributed by atoms with Gasteiger partial charge >= 0.3 is 0 Å². The maximum absolute atomic E-state index is 13.2. The van der Waals surface area contributed by atoms with Gasteiger partial charge in [-0.2, -0.15) is 5.10 Å². The van der Waals surface area contributed by atoms with Crippen LogP contribution in [0.25, 0.3) is 0 Å². The second-order valence-corrected chi connectivity index (χ2v) is 10.2. The molecule has 37 heavy (non-hydrogen) atoms. The van der Waals surface area contributed by atoms with E-state index in [-0.39, 0.29) is 4.90 Å². The number of para-hydroxylation sites is 1. The van der Waals surface area contributed by atoms with Crippen molar-refractivity contribution in [2.75, 3.05) is 10.8 Å². The van der Waals surface area contributed by atoms with Crippen molar-refractivity contribution in [1.29, 1.82) is 0 Å². The monoisotopic (exact) mass is 533 g/mol. The number of hydrazone groups is 1. The van der Waals surface area contributed by atoms with E-state index in [0.29, 0.717) is 23.1 Å². The largest absolute Gasteiger partial charge is 0.489 e. The summed E-state index contributed by atoms with van der Waals surface area (Å²) in [5.74, 6) is 0.0741. The van der Waals surface area contributed by atoms with E-state index in [2.05, 4.69) is 10.5 Å². The van der Waals surface area contributed by atoms with Crippen molar-refractivity contribution in [2.45, 2.75) is 11.5 Å². The van der Waals surface area contributed by atoms with Gasteiger partial charge in [-0.3, -0.25) is 9.10 Å². The zero-order valence-corrected chi connectivity index (χ0v) is 21.3. The minimum absolute atomic E-state index is 0.0898. The number of rotatable bonds is 10. The number of benzene rings is 4. The minimum atomic E-state index is -3.96. The fraction of sp³-hybridized carbons (Fsp3) is 0.0714. The molecule has 0 aliphatic carbocycles. The maximum Gasteiger partial charge on any atom is 0.264 e. The number of nitrogens with zero attached hydrogens (tertiary/aromatic N) is 2. The molecule has 0 unspecified atom stereocenters. The number of carbonyl (C=O) groups is 1. The average molecular weight is 534 g/mol. The van der Waals surface area contributed by atoms with Crippen LogP contribution in [-0.4, -0.2) is 27.1 Å². The fourth-order valence-corrected chi connectivity index (χ4v) is 5.03. The second-order valence-electron chi connectivity index (χ2n) is 7.90. The van der Waals surface area contributed by atoms with Gasteiger partial charge in [0.05, 0.1) is 16.8 Å². The van der Waals surface area contributed by atoms with Crippen molar-refractivity contribution in [1.82, 2.24) is 5.43 Å². The number of sulfonamides is 1. The van der Waals surface area contributed by atoms with Crippen LogP contribution in [0.3, 0.4) is 0 Å². The van der Waals surface area contributed by atoms with Crippen molar-refractivity contribution in [3.63, 3.8) is 0 Å². The third kappa shape index (κ3) is 6.97. The molecule has 9 heteroatoms. The molecule has 0 aliphatic rings. The van der Waals surface area contributed by atoms with E-state index in [9.17, 15) is 13.2 Å². The van der Waals surface area contributed by atoms with Gasteiger partial charge < -0.3 is 4.74 Å². The van der Waals surface area contributed by atoms with Crippen LogP contribution in [-0.2, 0) is 21.4 Å². The summed E-state index contributed by atoms with van der Waals surface area (Å²) in [4.78, 5) is 12.7. The number of ether oxygens (including phenoxy) is 1. The number of amides is 1. The first kappa shape index (κ1) is 25.9. The number of carbonyl (C=O) groups excluding carboxylic acids is 1. The maximum atomic E-state index is 13.2. The Morgan fingerprint density at radius 3 is 2.16 bits per heavy atom. The quantitative estimate of drug-likeness (QED) is 0.222. The zero-order chi connectivity index (χ0) is 26.1. The highest BCUT2D eigenvalue weighted by Gasteiger charge is 2.26. The van der Waals surface area contributed by atoms with Crippen LogP contribution in [0, 0.1) is 0 Å². The van der Waals surface area contributed by atoms with Crippen LogP contribution in [0.1, 0.15) is 11.1 Å². The Hall–Kier alpha value is -4.14. The summed E-state index contributed by atoms with van der Waals surface area (Å²) in [7, 11) is -3.96. The van der Waals surface area contributed by atoms with Crippen molar-refractivity contribution < 1.29 is 17.9 Å². The average Bonchev–Trinajstić information content (AvgIpc) is 2.93. The molecule has 1 N–H and O–H groups in total. The number of halogens is 1. The molecule has 4 rings (SSSR count). The van der Waals surface area contributed by atoms with Crippen LogP contribution in [0.5, 0.6) is 5.75 Å². The van der Waals surface area contributed by atoms with Gasteiger partial charge in [0.2, 0.25) is 0 Å². The highest BCUT2D eigenvalue weighted by Crippen LogP contribution is 2.23. The normalized spacial score (nSPS) is 11.3.